The van der Waals surface area contributed by atoms with Crippen molar-refractivity contribution in [3.05, 3.63) is 15.8 Å². The lowest BCUT2D eigenvalue weighted by Gasteiger charge is -2.00. The van der Waals surface area contributed by atoms with Crippen molar-refractivity contribution in [3.63, 3.8) is 0 Å². The van der Waals surface area contributed by atoms with Gasteiger partial charge in [-0.3, -0.25) is 0 Å². The van der Waals surface area contributed by atoms with Gasteiger partial charge in [-0.15, -0.1) is 11.3 Å². The molecule has 4 nitrogen and oxygen atoms in total. The second-order valence-electron chi connectivity index (χ2n) is 2.21. The largest absolute Gasteiger partial charge is 0.465 e. The van der Waals surface area contributed by atoms with Gasteiger partial charge in [0.1, 0.15) is 10.9 Å². The highest BCUT2D eigenvalue weighted by molar-refractivity contribution is 7.12. The van der Waals surface area contributed by atoms with Crippen LogP contribution in [0.1, 0.15) is 15.2 Å². The molecule has 0 aromatic carbocycles. The van der Waals surface area contributed by atoms with Gasteiger partial charge < -0.3 is 10.1 Å². The smallest absolute Gasteiger partial charge is 0.350 e. The van der Waals surface area contributed by atoms with Crippen LogP contribution in [-0.4, -0.2) is 20.1 Å². The highest BCUT2D eigenvalue weighted by Crippen LogP contribution is 2.27. The monoisotopic (exact) mass is 196 g/mol. The third kappa shape index (κ3) is 1.63. The van der Waals surface area contributed by atoms with Crippen LogP contribution in [0.4, 0.5) is 5.69 Å². The number of methoxy groups -OCH3 is 1. The summed E-state index contributed by atoms with van der Waals surface area (Å²) < 4.78 is 4.56. The van der Waals surface area contributed by atoms with Gasteiger partial charge in [-0.1, -0.05) is 0 Å². The zero-order chi connectivity index (χ0) is 9.84. The fourth-order valence-corrected chi connectivity index (χ4v) is 1.85. The van der Waals surface area contributed by atoms with E-state index < -0.39 is 5.97 Å². The van der Waals surface area contributed by atoms with Crippen LogP contribution in [0.25, 0.3) is 0 Å². The molecule has 5 heteroatoms. The Balaban J connectivity index is 3.17. The van der Waals surface area contributed by atoms with E-state index in [0.29, 0.717) is 16.1 Å². The lowest BCUT2D eigenvalue weighted by Crippen LogP contribution is -2.02. The summed E-state index contributed by atoms with van der Waals surface area (Å²) in [5.41, 5.74) is 1.01. The molecule has 0 atom stereocenters. The fraction of sp³-hybridized carbons (Fsp3) is 0.250. The van der Waals surface area contributed by atoms with Crippen LogP contribution in [0.2, 0.25) is 0 Å². The average Bonchev–Trinajstić information content (AvgIpc) is 2.58. The van der Waals surface area contributed by atoms with Gasteiger partial charge in [0, 0.05) is 12.4 Å². The van der Waals surface area contributed by atoms with Crippen LogP contribution in [0.5, 0.6) is 0 Å². The molecule has 0 unspecified atom stereocenters. The number of hydrogen-bond donors (Lipinski definition) is 1. The van der Waals surface area contributed by atoms with Gasteiger partial charge in [0.05, 0.1) is 18.4 Å². The maximum Gasteiger partial charge on any atom is 0.350 e. The van der Waals surface area contributed by atoms with Gasteiger partial charge >= 0.3 is 5.97 Å². The number of ether oxygens (including phenoxy) is 1. The molecule has 0 spiro atoms. The molecule has 0 radical (unpaired) electrons. The molecule has 1 N–H and O–H groups in total. The summed E-state index contributed by atoms with van der Waals surface area (Å²) in [5.74, 6) is -0.421. The Morgan fingerprint density at radius 2 is 2.46 bits per heavy atom. The van der Waals surface area contributed by atoms with E-state index in [9.17, 15) is 4.79 Å². The summed E-state index contributed by atoms with van der Waals surface area (Å²) in [5, 5.41) is 13.1. The van der Waals surface area contributed by atoms with Crippen LogP contribution < -0.4 is 5.32 Å². The van der Waals surface area contributed by atoms with Crippen LogP contribution in [-0.2, 0) is 4.74 Å². The first-order valence-electron chi connectivity index (χ1n) is 3.52. The first kappa shape index (κ1) is 9.55. The van der Waals surface area contributed by atoms with Crippen LogP contribution in [0, 0.1) is 11.3 Å². The molecule has 68 valence electrons. The van der Waals surface area contributed by atoms with Crippen molar-refractivity contribution >= 4 is 23.0 Å². The molecule has 0 aliphatic heterocycles. The van der Waals surface area contributed by atoms with Crippen molar-refractivity contribution in [2.45, 2.75) is 0 Å². The fourth-order valence-electron chi connectivity index (χ4n) is 0.931. The summed E-state index contributed by atoms with van der Waals surface area (Å²) in [6.07, 6.45) is 0. The van der Waals surface area contributed by atoms with E-state index in [0.717, 1.165) is 0 Å². The Morgan fingerprint density at radius 1 is 1.77 bits per heavy atom. The molecule has 0 aliphatic rings. The number of anilines is 1. The van der Waals surface area contributed by atoms with Crippen LogP contribution in [0.15, 0.2) is 5.38 Å². The summed E-state index contributed by atoms with van der Waals surface area (Å²) in [6.45, 7) is 0. The maximum atomic E-state index is 11.2. The van der Waals surface area contributed by atoms with E-state index >= 15 is 0 Å². The molecular formula is C8H8N2O2S. The Kier molecular flexibility index (Phi) is 2.88. The summed E-state index contributed by atoms with van der Waals surface area (Å²) in [4.78, 5) is 11.6. The number of rotatable bonds is 2. The van der Waals surface area contributed by atoms with Crippen LogP contribution in [0.3, 0.4) is 0 Å². The molecule has 0 fully saturated rings. The van der Waals surface area contributed by atoms with E-state index in [-0.39, 0.29) is 0 Å². The maximum absolute atomic E-state index is 11.2. The topological polar surface area (TPSA) is 62.1 Å². The van der Waals surface area contributed by atoms with Gasteiger partial charge in [0.2, 0.25) is 0 Å². The van der Waals surface area contributed by atoms with Crippen molar-refractivity contribution in [2.24, 2.45) is 0 Å². The summed E-state index contributed by atoms with van der Waals surface area (Å²) in [7, 11) is 2.98. The Morgan fingerprint density at radius 3 is 2.92 bits per heavy atom. The van der Waals surface area contributed by atoms with E-state index in [1.807, 2.05) is 6.07 Å². The van der Waals surface area contributed by atoms with Crippen molar-refractivity contribution in [1.29, 1.82) is 5.26 Å². The number of nitriles is 1. The number of carbonyl (C=O) groups is 1. The number of hydrogen-bond acceptors (Lipinski definition) is 5. The molecule has 0 aliphatic carbocycles. The highest BCUT2D eigenvalue weighted by atomic mass is 32.1. The van der Waals surface area contributed by atoms with Gasteiger partial charge in [0.25, 0.3) is 0 Å². The van der Waals surface area contributed by atoms with Gasteiger partial charge in [0.15, 0.2) is 0 Å². The Bertz CT molecular complexity index is 365. The standard InChI is InChI=1S/C8H8N2O2S/c1-10-6-5(3-9)4-13-7(6)8(11)12-2/h4,10H,1-2H3. The molecule has 0 saturated heterocycles. The lowest BCUT2D eigenvalue weighted by molar-refractivity contribution is 0.0607. The minimum Gasteiger partial charge on any atom is -0.465 e. The number of nitrogens with one attached hydrogen (secondary N) is 1. The minimum atomic E-state index is -0.421. The predicted octanol–water partition coefficient (Wildman–Crippen LogP) is 1.45. The quantitative estimate of drug-likeness (QED) is 0.727. The zero-order valence-electron chi connectivity index (χ0n) is 7.25. The Labute approximate surface area is 79.7 Å². The zero-order valence-corrected chi connectivity index (χ0v) is 8.07. The molecule has 0 saturated carbocycles. The summed E-state index contributed by atoms with van der Waals surface area (Å²) in [6, 6.07) is 1.99. The second kappa shape index (κ2) is 3.92. The molecule has 1 heterocycles. The highest BCUT2D eigenvalue weighted by Gasteiger charge is 2.16. The van der Waals surface area contributed by atoms with Crippen molar-refractivity contribution in [2.75, 3.05) is 19.5 Å². The van der Waals surface area contributed by atoms with E-state index in [4.69, 9.17) is 5.26 Å². The van der Waals surface area contributed by atoms with Crippen molar-refractivity contribution < 1.29 is 9.53 Å². The third-order valence-electron chi connectivity index (χ3n) is 1.53. The molecule has 1 aromatic rings. The molecule has 13 heavy (non-hydrogen) atoms. The van der Waals surface area contributed by atoms with Gasteiger partial charge in [-0.25, -0.2) is 4.79 Å². The molecule has 0 bridgehead atoms. The first-order valence-corrected chi connectivity index (χ1v) is 4.40. The third-order valence-corrected chi connectivity index (χ3v) is 2.49. The van der Waals surface area contributed by atoms with E-state index in [1.165, 1.54) is 18.4 Å². The molecule has 1 rings (SSSR count). The van der Waals surface area contributed by atoms with Gasteiger partial charge in [-0.2, -0.15) is 5.26 Å². The van der Waals surface area contributed by atoms with E-state index in [1.54, 1.807) is 12.4 Å². The predicted molar refractivity (Wildman–Crippen MR) is 49.9 cm³/mol. The number of esters is 1. The van der Waals surface area contributed by atoms with Gasteiger partial charge in [-0.05, 0) is 0 Å². The van der Waals surface area contributed by atoms with Crippen molar-refractivity contribution in [3.8, 4) is 6.07 Å². The first-order chi connectivity index (χ1) is 6.24. The molecular weight excluding hydrogens is 188 g/mol. The Hall–Kier alpha value is -1.54. The minimum absolute atomic E-state index is 0.421. The molecule has 1 aromatic heterocycles. The number of thiophene rings is 1. The normalized spacial score (nSPS) is 9.00. The van der Waals surface area contributed by atoms with Crippen molar-refractivity contribution in [1.82, 2.24) is 0 Å². The number of nitrogens with zero attached hydrogens (tertiary/aromatic N) is 1. The second-order valence-corrected chi connectivity index (χ2v) is 3.09. The SMILES string of the molecule is CNc1c(C#N)csc1C(=O)OC. The molecule has 0 amide bonds. The number of carbonyl (C=O) groups excluding carboxylic acids is 1. The van der Waals surface area contributed by atoms with E-state index in [2.05, 4.69) is 10.1 Å². The van der Waals surface area contributed by atoms with Crippen LogP contribution >= 0.6 is 11.3 Å². The average molecular weight is 196 g/mol. The lowest BCUT2D eigenvalue weighted by atomic mass is 10.2. The summed E-state index contributed by atoms with van der Waals surface area (Å²) >= 11 is 1.20.